The highest BCUT2D eigenvalue weighted by Gasteiger charge is 2.19. The van der Waals surface area contributed by atoms with Crippen LogP contribution in [0.1, 0.15) is 0 Å². The van der Waals surface area contributed by atoms with Crippen LogP contribution in [0, 0.1) is 0 Å². The molecule has 8 aromatic carbocycles. The summed E-state index contributed by atoms with van der Waals surface area (Å²) in [5.74, 6) is 0.697. The lowest BCUT2D eigenvalue weighted by Crippen LogP contribution is -1.98. The van der Waals surface area contributed by atoms with Crippen LogP contribution in [0.5, 0.6) is 0 Å². The van der Waals surface area contributed by atoms with Crippen LogP contribution in [0.15, 0.2) is 206 Å². The monoisotopic (exact) mass is 714 g/mol. The molecule has 262 valence electrons. The number of fused-ring (bicyclic) bond motifs is 6. The fourth-order valence-corrected chi connectivity index (χ4v) is 8.32. The molecule has 4 heteroatoms. The minimum atomic E-state index is 0.697. The van der Waals surface area contributed by atoms with Gasteiger partial charge < -0.3 is 9.13 Å². The second kappa shape index (κ2) is 13.1. The summed E-state index contributed by atoms with van der Waals surface area (Å²) in [4.78, 5) is 10.4. The molecule has 0 N–H and O–H groups in total. The van der Waals surface area contributed by atoms with E-state index in [1.807, 2.05) is 18.2 Å². The number of para-hydroxylation sites is 3. The van der Waals surface area contributed by atoms with Crippen molar-refractivity contribution in [3.05, 3.63) is 206 Å². The van der Waals surface area contributed by atoms with E-state index in [9.17, 15) is 0 Å². The molecule has 0 bridgehead atoms. The number of rotatable bonds is 6. The van der Waals surface area contributed by atoms with Crippen LogP contribution in [0.25, 0.3) is 100 Å². The van der Waals surface area contributed by atoms with Crippen LogP contribution in [-0.4, -0.2) is 19.1 Å². The highest BCUT2D eigenvalue weighted by molar-refractivity contribution is 6.19. The molecular weight excluding hydrogens is 681 g/mol. The molecule has 0 fully saturated rings. The smallest absolute Gasteiger partial charge is 0.160 e. The summed E-state index contributed by atoms with van der Waals surface area (Å²) in [6, 6.07) is 73.2. The topological polar surface area (TPSA) is 35.6 Å². The molecule has 0 spiro atoms. The normalized spacial score (nSPS) is 11.6. The lowest BCUT2D eigenvalue weighted by atomic mass is 10.0. The van der Waals surface area contributed by atoms with Crippen LogP contribution in [0.4, 0.5) is 0 Å². The number of hydrogen-bond acceptors (Lipinski definition) is 2. The van der Waals surface area contributed by atoms with E-state index in [-0.39, 0.29) is 0 Å². The fraction of sp³-hybridized carbons (Fsp3) is 0. The quantitative estimate of drug-likeness (QED) is 0.172. The maximum atomic E-state index is 5.21. The number of aromatic nitrogens is 4. The summed E-state index contributed by atoms with van der Waals surface area (Å²) in [7, 11) is 0. The van der Waals surface area contributed by atoms with Gasteiger partial charge in [0.15, 0.2) is 5.82 Å². The molecule has 11 aromatic rings. The minimum Gasteiger partial charge on any atom is -0.309 e. The molecule has 3 heterocycles. The van der Waals surface area contributed by atoms with Gasteiger partial charge in [-0.1, -0.05) is 146 Å². The van der Waals surface area contributed by atoms with Crippen LogP contribution in [0.3, 0.4) is 0 Å². The first kappa shape index (κ1) is 31.9. The summed E-state index contributed by atoms with van der Waals surface area (Å²) in [5.41, 5.74) is 14.1. The van der Waals surface area contributed by atoms with E-state index >= 15 is 0 Å². The molecule has 0 unspecified atom stereocenters. The van der Waals surface area contributed by atoms with Crippen LogP contribution in [-0.2, 0) is 0 Å². The molecule has 3 aromatic heterocycles. The van der Waals surface area contributed by atoms with Crippen molar-refractivity contribution in [2.45, 2.75) is 0 Å². The van der Waals surface area contributed by atoms with E-state index in [0.717, 1.165) is 56.0 Å². The first-order valence-electron chi connectivity index (χ1n) is 19.0. The zero-order valence-corrected chi connectivity index (χ0v) is 30.4. The summed E-state index contributed by atoms with van der Waals surface area (Å²) >= 11 is 0. The summed E-state index contributed by atoms with van der Waals surface area (Å²) in [5, 5.41) is 4.89. The predicted molar refractivity (Wildman–Crippen MR) is 232 cm³/mol. The average Bonchev–Trinajstić information content (AvgIpc) is 3.78. The van der Waals surface area contributed by atoms with Crippen LogP contribution in [0.2, 0.25) is 0 Å². The summed E-state index contributed by atoms with van der Waals surface area (Å²) in [6.45, 7) is 0. The first-order valence-corrected chi connectivity index (χ1v) is 19.0. The van der Waals surface area contributed by atoms with E-state index in [1.165, 1.54) is 38.1 Å². The van der Waals surface area contributed by atoms with Gasteiger partial charge in [0.05, 0.1) is 33.5 Å². The third-order valence-electron chi connectivity index (χ3n) is 10.9. The maximum Gasteiger partial charge on any atom is 0.160 e. The standard InChI is InChI=1S/C52H34N4/c1-4-16-35(17-5-1)37-20-14-21-38(30-37)46-34-47(54-52(53-46)36-18-6-2-7-19-36)39-22-15-25-41(31-39)56-49-29-13-11-27-43(49)45-32-50-44(33-51(45)56)42-26-10-12-28-48(42)55(50)40-23-8-3-9-24-40/h1-34H. The summed E-state index contributed by atoms with van der Waals surface area (Å²) < 4.78 is 4.80. The predicted octanol–water partition coefficient (Wildman–Crippen LogP) is 13.3. The number of hydrogen-bond donors (Lipinski definition) is 0. The highest BCUT2D eigenvalue weighted by atomic mass is 15.0. The van der Waals surface area contributed by atoms with E-state index in [0.29, 0.717) is 5.82 Å². The molecule has 0 aliphatic heterocycles. The van der Waals surface area contributed by atoms with Crippen molar-refractivity contribution < 1.29 is 0 Å². The van der Waals surface area contributed by atoms with Crippen molar-refractivity contribution in [3.63, 3.8) is 0 Å². The van der Waals surface area contributed by atoms with Gasteiger partial charge >= 0.3 is 0 Å². The molecule has 0 saturated heterocycles. The minimum absolute atomic E-state index is 0.697. The Bertz CT molecular complexity index is 3230. The van der Waals surface area contributed by atoms with Crippen molar-refractivity contribution >= 4 is 43.6 Å². The number of nitrogens with zero attached hydrogens (tertiary/aromatic N) is 4. The van der Waals surface area contributed by atoms with Crippen molar-refractivity contribution in [2.24, 2.45) is 0 Å². The van der Waals surface area contributed by atoms with Crippen molar-refractivity contribution in [1.29, 1.82) is 0 Å². The van der Waals surface area contributed by atoms with E-state index in [2.05, 4.69) is 197 Å². The SMILES string of the molecule is c1ccc(-c2cccc(-c3cc(-c4cccc(-n5c6ccccc6c6cc7c(cc65)c5ccccc5n7-c5ccccc5)c4)nc(-c4ccccc4)n3)c2)cc1. The Balaban J connectivity index is 1.11. The Kier molecular flexibility index (Phi) is 7.46. The van der Waals surface area contributed by atoms with Gasteiger partial charge in [0.25, 0.3) is 0 Å². The third-order valence-corrected chi connectivity index (χ3v) is 10.9. The third kappa shape index (κ3) is 5.31. The molecule has 4 nitrogen and oxygen atoms in total. The van der Waals surface area contributed by atoms with Gasteiger partial charge in [-0.2, -0.15) is 0 Å². The Labute approximate surface area is 324 Å². The number of benzene rings is 8. The van der Waals surface area contributed by atoms with E-state index in [4.69, 9.17) is 9.97 Å². The molecule has 0 aliphatic rings. The zero-order valence-electron chi connectivity index (χ0n) is 30.4. The second-order valence-electron chi connectivity index (χ2n) is 14.3. The fourth-order valence-electron chi connectivity index (χ4n) is 8.32. The second-order valence-corrected chi connectivity index (χ2v) is 14.3. The Morgan fingerprint density at radius 3 is 1.34 bits per heavy atom. The van der Waals surface area contributed by atoms with Gasteiger partial charge in [0.2, 0.25) is 0 Å². The first-order chi connectivity index (χ1) is 27.8. The van der Waals surface area contributed by atoms with Gasteiger partial charge in [0.1, 0.15) is 0 Å². The Morgan fingerprint density at radius 2 is 0.714 bits per heavy atom. The molecule has 56 heavy (non-hydrogen) atoms. The molecular formula is C52H34N4. The van der Waals surface area contributed by atoms with Crippen LogP contribution < -0.4 is 0 Å². The lowest BCUT2D eigenvalue weighted by Gasteiger charge is -2.13. The lowest BCUT2D eigenvalue weighted by molar-refractivity contribution is 1.16. The Hall–Kier alpha value is -7.56. The van der Waals surface area contributed by atoms with Gasteiger partial charge in [-0.15, -0.1) is 0 Å². The molecule has 0 saturated carbocycles. The van der Waals surface area contributed by atoms with Crippen molar-refractivity contribution in [2.75, 3.05) is 0 Å². The highest BCUT2D eigenvalue weighted by Crippen LogP contribution is 2.40. The summed E-state index contributed by atoms with van der Waals surface area (Å²) in [6.07, 6.45) is 0. The van der Waals surface area contributed by atoms with Gasteiger partial charge in [-0.3, -0.25) is 0 Å². The van der Waals surface area contributed by atoms with Gasteiger partial charge in [-0.05, 0) is 71.8 Å². The van der Waals surface area contributed by atoms with Gasteiger partial charge in [-0.25, -0.2) is 9.97 Å². The van der Waals surface area contributed by atoms with E-state index < -0.39 is 0 Å². The van der Waals surface area contributed by atoms with Crippen molar-refractivity contribution in [3.8, 4) is 56.4 Å². The maximum absolute atomic E-state index is 5.21. The zero-order chi connectivity index (χ0) is 37.0. The van der Waals surface area contributed by atoms with Crippen molar-refractivity contribution in [1.82, 2.24) is 19.1 Å². The van der Waals surface area contributed by atoms with Crippen LogP contribution >= 0.6 is 0 Å². The molecule has 0 radical (unpaired) electrons. The molecule has 0 aliphatic carbocycles. The molecule has 0 atom stereocenters. The van der Waals surface area contributed by atoms with Gasteiger partial charge in [0, 0.05) is 49.6 Å². The Morgan fingerprint density at radius 1 is 0.268 bits per heavy atom. The molecule has 11 rings (SSSR count). The van der Waals surface area contributed by atoms with E-state index in [1.54, 1.807) is 0 Å². The average molecular weight is 715 g/mol. The largest absolute Gasteiger partial charge is 0.309 e. The molecule has 0 amide bonds.